The Bertz CT molecular complexity index is 624. The van der Waals surface area contributed by atoms with Gasteiger partial charge in [-0.3, -0.25) is 4.79 Å². The highest BCUT2D eigenvalue weighted by atomic mass is 19.1. The summed E-state index contributed by atoms with van der Waals surface area (Å²) in [6.45, 7) is 0. The fourth-order valence-corrected chi connectivity index (χ4v) is 1.61. The molecule has 2 N–H and O–H groups in total. The molecular weight excluding hydrogens is 259 g/mol. The largest absolute Gasteiger partial charge is 0.508 e. The zero-order valence-electron chi connectivity index (χ0n) is 10.6. The quantitative estimate of drug-likeness (QED) is 0.662. The van der Waals surface area contributed by atoms with Crippen LogP contribution in [0.2, 0.25) is 0 Å². The van der Waals surface area contributed by atoms with Crippen LogP contribution in [0, 0.1) is 5.82 Å². The molecule has 0 aliphatic rings. The van der Waals surface area contributed by atoms with Gasteiger partial charge >= 0.3 is 0 Å². The summed E-state index contributed by atoms with van der Waals surface area (Å²) in [5.74, 6) is -0.504. The number of phenols is 1. The van der Waals surface area contributed by atoms with Gasteiger partial charge in [0.15, 0.2) is 0 Å². The van der Waals surface area contributed by atoms with Crippen molar-refractivity contribution in [1.82, 2.24) is 5.43 Å². The number of benzene rings is 2. The van der Waals surface area contributed by atoms with Crippen molar-refractivity contribution < 1.29 is 14.3 Å². The van der Waals surface area contributed by atoms with Gasteiger partial charge in [0.2, 0.25) is 5.91 Å². The molecule has 0 aliphatic heterocycles. The second-order valence-electron chi connectivity index (χ2n) is 4.19. The summed E-state index contributed by atoms with van der Waals surface area (Å²) < 4.78 is 12.7. The number of carbonyl (C=O) groups excluding carboxylic acids is 1. The maximum absolute atomic E-state index is 12.7. The minimum atomic E-state index is -0.337. The Hall–Kier alpha value is -2.69. The van der Waals surface area contributed by atoms with Gasteiger partial charge < -0.3 is 5.11 Å². The van der Waals surface area contributed by atoms with E-state index < -0.39 is 0 Å². The molecule has 0 radical (unpaired) electrons. The van der Waals surface area contributed by atoms with E-state index in [1.165, 1.54) is 24.4 Å². The number of hydrogen-bond acceptors (Lipinski definition) is 3. The molecule has 0 saturated carbocycles. The molecule has 0 bridgehead atoms. The molecule has 0 atom stereocenters. The molecule has 0 unspecified atom stereocenters. The number of phenolic OH excluding ortho intramolecular Hbond substituents is 1. The van der Waals surface area contributed by atoms with Crippen molar-refractivity contribution in [2.75, 3.05) is 0 Å². The third-order valence-corrected chi connectivity index (χ3v) is 2.55. The highest BCUT2D eigenvalue weighted by Crippen LogP contribution is 2.08. The van der Waals surface area contributed by atoms with E-state index in [0.29, 0.717) is 11.1 Å². The van der Waals surface area contributed by atoms with Crippen molar-refractivity contribution in [1.29, 1.82) is 0 Å². The minimum absolute atomic E-state index is 0.123. The van der Waals surface area contributed by atoms with Gasteiger partial charge in [0.25, 0.3) is 0 Å². The first-order valence-corrected chi connectivity index (χ1v) is 5.99. The Labute approximate surface area is 115 Å². The fourth-order valence-electron chi connectivity index (χ4n) is 1.61. The number of hydrazone groups is 1. The van der Waals surface area contributed by atoms with Crippen LogP contribution in [-0.4, -0.2) is 17.2 Å². The Morgan fingerprint density at radius 2 is 2.00 bits per heavy atom. The normalized spacial score (nSPS) is 10.7. The van der Waals surface area contributed by atoms with Crippen molar-refractivity contribution >= 4 is 12.1 Å². The van der Waals surface area contributed by atoms with Gasteiger partial charge in [0, 0.05) is 0 Å². The third kappa shape index (κ3) is 4.20. The molecule has 102 valence electrons. The van der Waals surface area contributed by atoms with Crippen molar-refractivity contribution in [3.63, 3.8) is 0 Å². The van der Waals surface area contributed by atoms with Gasteiger partial charge in [-0.15, -0.1) is 0 Å². The Morgan fingerprint density at radius 1 is 1.25 bits per heavy atom. The fraction of sp³-hybridized carbons (Fsp3) is 0.0667. The lowest BCUT2D eigenvalue weighted by molar-refractivity contribution is -0.120. The average Bonchev–Trinajstić information content (AvgIpc) is 2.41. The summed E-state index contributed by atoms with van der Waals surface area (Å²) in [6, 6.07) is 12.2. The summed E-state index contributed by atoms with van der Waals surface area (Å²) in [5.41, 5.74) is 3.75. The lowest BCUT2D eigenvalue weighted by Crippen LogP contribution is -2.19. The molecule has 1 amide bonds. The van der Waals surface area contributed by atoms with E-state index in [1.54, 1.807) is 30.3 Å². The van der Waals surface area contributed by atoms with Gasteiger partial charge in [-0.05, 0) is 35.4 Å². The van der Waals surface area contributed by atoms with Crippen LogP contribution >= 0.6 is 0 Å². The number of amides is 1. The summed E-state index contributed by atoms with van der Waals surface area (Å²) in [7, 11) is 0. The van der Waals surface area contributed by atoms with E-state index in [2.05, 4.69) is 10.5 Å². The maximum atomic E-state index is 12.7. The van der Waals surface area contributed by atoms with Crippen LogP contribution in [0.5, 0.6) is 5.75 Å². The maximum Gasteiger partial charge on any atom is 0.244 e. The highest BCUT2D eigenvalue weighted by molar-refractivity contribution is 5.83. The first-order chi connectivity index (χ1) is 9.63. The van der Waals surface area contributed by atoms with E-state index in [4.69, 9.17) is 0 Å². The average molecular weight is 272 g/mol. The molecule has 2 rings (SSSR count). The summed E-state index contributed by atoms with van der Waals surface area (Å²) in [4.78, 5) is 11.6. The number of halogens is 1. The first kappa shape index (κ1) is 13.7. The van der Waals surface area contributed by atoms with E-state index >= 15 is 0 Å². The predicted octanol–water partition coefficient (Wildman–Crippen LogP) is 2.22. The molecule has 4 nitrogen and oxygen atoms in total. The van der Waals surface area contributed by atoms with Crippen LogP contribution in [-0.2, 0) is 11.2 Å². The predicted molar refractivity (Wildman–Crippen MR) is 73.9 cm³/mol. The molecule has 0 heterocycles. The van der Waals surface area contributed by atoms with Gasteiger partial charge in [0.05, 0.1) is 12.6 Å². The van der Waals surface area contributed by atoms with Crippen molar-refractivity contribution in [2.45, 2.75) is 6.42 Å². The molecular formula is C15H13FN2O2. The third-order valence-electron chi connectivity index (χ3n) is 2.55. The van der Waals surface area contributed by atoms with E-state index in [0.717, 1.165) is 0 Å². The highest BCUT2D eigenvalue weighted by Gasteiger charge is 2.02. The second-order valence-corrected chi connectivity index (χ2v) is 4.19. The lowest BCUT2D eigenvalue weighted by atomic mass is 10.1. The Morgan fingerprint density at radius 3 is 2.70 bits per heavy atom. The zero-order valence-corrected chi connectivity index (χ0v) is 10.6. The number of aromatic hydroxyl groups is 1. The monoisotopic (exact) mass is 272 g/mol. The molecule has 20 heavy (non-hydrogen) atoms. The Kier molecular flexibility index (Phi) is 4.44. The summed E-state index contributed by atoms with van der Waals surface area (Å²) in [6.07, 6.45) is 1.56. The zero-order chi connectivity index (χ0) is 14.4. The van der Waals surface area contributed by atoms with Gasteiger partial charge in [0.1, 0.15) is 11.6 Å². The van der Waals surface area contributed by atoms with Crippen LogP contribution in [0.15, 0.2) is 53.6 Å². The molecule has 0 spiro atoms. The Balaban J connectivity index is 1.87. The topological polar surface area (TPSA) is 61.7 Å². The smallest absolute Gasteiger partial charge is 0.244 e. The van der Waals surface area contributed by atoms with Gasteiger partial charge in [-0.25, -0.2) is 9.82 Å². The van der Waals surface area contributed by atoms with Crippen molar-refractivity contribution in [3.8, 4) is 5.75 Å². The number of rotatable bonds is 4. The number of hydrogen-bond donors (Lipinski definition) is 2. The van der Waals surface area contributed by atoms with Gasteiger partial charge in [-0.2, -0.15) is 5.10 Å². The van der Waals surface area contributed by atoms with E-state index in [-0.39, 0.29) is 23.9 Å². The van der Waals surface area contributed by atoms with E-state index in [9.17, 15) is 14.3 Å². The molecule has 0 fully saturated rings. The SMILES string of the molecule is O=C(Cc1ccc(F)cc1)N/N=C/c1cccc(O)c1. The molecule has 0 saturated heterocycles. The first-order valence-electron chi connectivity index (χ1n) is 5.99. The van der Waals surface area contributed by atoms with Crippen LogP contribution in [0.3, 0.4) is 0 Å². The molecule has 0 aromatic heterocycles. The van der Waals surface area contributed by atoms with Crippen LogP contribution in [0.1, 0.15) is 11.1 Å². The van der Waals surface area contributed by atoms with Crippen LogP contribution in [0.25, 0.3) is 0 Å². The molecule has 2 aromatic rings. The van der Waals surface area contributed by atoms with E-state index in [1.807, 2.05) is 0 Å². The summed E-state index contributed by atoms with van der Waals surface area (Å²) >= 11 is 0. The molecule has 0 aliphatic carbocycles. The number of nitrogens with one attached hydrogen (secondary N) is 1. The van der Waals surface area contributed by atoms with Crippen LogP contribution < -0.4 is 5.43 Å². The minimum Gasteiger partial charge on any atom is -0.508 e. The lowest BCUT2D eigenvalue weighted by Gasteiger charge is -2.00. The van der Waals surface area contributed by atoms with Crippen molar-refractivity contribution in [2.24, 2.45) is 5.10 Å². The molecule has 5 heteroatoms. The number of nitrogens with zero attached hydrogens (tertiary/aromatic N) is 1. The molecule has 2 aromatic carbocycles. The van der Waals surface area contributed by atoms with Crippen molar-refractivity contribution in [3.05, 3.63) is 65.5 Å². The van der Waals surface area contributed by atoms with Gasteiger partial charge in [-0.1, -0.05) is 24.3 Å². The second kappa shape index (κ2) is 6.47. The standard InChI is InChI=1S/C15H13FN2O2/c16-13-6-4-11(5-7-13)9-15(20)18-17-10-12-2-1-3-14(19)8-12/h1-8,10,19H,9H2,(H,18,20)/b17-10+. The number of carbonyl (C=O) groups is 1. The summed E-state index contributed by atoms with van der Waals surface area (Å²) in [5, 5.41) is 13.0. The van der Waals surface area contributed by atoms with Crippen LogP contribution in [0.4, 0.5) is 4.39 Å².